The quantitative estimate of drug-likeness (QED) is 0.225. The fourth-order valence-corrected chi connectivity index (χ4v) is 4.61. The number of thioether (sulfide) groups is 1. The Kier molecular flexibility index (Phi) is 9.95. The molecule has 2 rings (SSSR count). The van der Waals surface area contributed by atoms with E-state index in [1.807, 2.05) is 11.8 Å². The lowest BCUT2D eigenvalue weighted by molar-refractivity contribution is 0.309. The van der Waals surface area contributed by atoms with E-state index in [0.717, 1.165) is 25.5 Å². The summed E-state index contributed by atoms with van der Waals surface area (Å²) in [5.41, 5.74) is 1.39. The molecule has 0 fully saturated rings. The normalized spacial score (nSPS) is 12.8. The highest BCUT2D eigenvalue weighted by Crippen LogP contribution is 2.38. The fourth-order valence-electron chi connectivity index (χ4n) is 2.97. The van der Waals surface area contributed by atoms with E-state index in [1.165, 1.54) is 36.1 Å². The Bertz CT molecular complexity index is 731. The molecular formula is C22H30O3S2. The molecule has 3 nitrogen and oxygen atoms in total. The van der Waals surface area contributed by atoms with Gasteiger partial charge in [0.15, 0.2) is 0 Å². The number of benzene rings is 2. The fraction of sp³-hybridized carbons (Fsp3) is 0.455. The van der Waals surface area contributed by atoms with Gasteiger partial charge in [-0.05, 0) is 30.5 Å². The van der Waals surface area contributed by atoms with Crippen LogP contribution in [0.25, 0.3) is 0 Å². The standard InChI is InChI=1S/C22H30O3S2/c1-27(23,24)25-19-13-5-3-2-4-12-18-22(20-14-8-6-9-15-20)26-21-16-10-7-11-17-21/h6-11,14-17,22H,2-5,12-13,18-19H2,1H3. The van der Waals surface area contributed by atoms with Gasteiger partial charge in [-0.1, -0.05) is 80.6 Å². The van der Waals surface area contributed by atoms with Gasteiger partial charge in [-0.3, -0.25) is 4.18 Å². The predicted molar refractivity (Wildman–Crippen MR) is 115 cm³/mol. The van der Waals surface area contributed by atoms with Crippen molar-refractivity contribution in [1.29, 1.82) is 0 Å². The molecule has 148 valence electrons. The Morgan fingerprint density at radius 1 is 0.815 bits per heavy atom. The van der Waals surface area contributed by atoms with Crippen LogP contribution in [0.5, 0.6) is 0 Å². The third-order valence-corrected chi connectivity index (χ3v) is 6.28. The molecule has 0 N–H and O–H groups in total. The van der Waals surface area contributed by atoms with Gasteiger partial charge < -0.3 is 0 Å². The molecule has 0 saturated carbocycles. The van der Waals surface area contributed by atoms with Crippen LogP contribution in [0.1, 0.15) is 55.8 Å². The predicted octanol–water partition coefficient (Wildman–Crippen LogP) is 6.23. The Hall–Kier alpha value is -1.30. The van der Waals surface area contributed by atoms with Crippen molar-refractivity contribution in [3.05, 3.63) is 66.2 Å². The second-order valence-corrected chi connectivity index (χ2v) is 9.69. The first-order valence-electron chi connectivity index (χ1n) is 9.66. The van der Waals surface area contributed by atoms with E-state index < -0.39 is 10.1 Å². The number of rotatable bonds is 13. The first-order chi connectivity index (χ1) is 13.0. The van der Waals surface area contributed by atoms with Gasteiger partial charge in [0.25, 0.3) is 10.1 Å². The van der Waals surface area contributed by atoms with Crippen molar-refractivity contribution < 1.29 is 12.6 Å². The van der Waals surface area contributed by atoms with E-state index in [2.05, 4.69) is 60.7 Å². The molecule has 0 bridgehead atoms. The van der Waals surface area contributed by atoms with Gasteiger partial charge in [-0.15, -0.1) is 11.8 Å². The molecule has 0 aliphatic heterocycles. The van der Waals surface area contributed by atoms with Gasteiger partial charge >= 0.3 is 0 Å². The highest BCUT2D eigenvalue weighted by molar-refractivity contribution is 7.99. The molecule has 2 aromatic rings. The largest absolute Gasteiger partial charge is 0.270 e. The van der Waals surface area contributed by atoms with Crippen LogP contribution in [-0.2, 0) is 14.3 Å². The monoisotopic (exact) mass is 406 g/mol. The average Bonchev–Trinajstić information content (AvgIpc) is 2.66. The zero-order valence-corrected chi connectivity index (χ0v) is 17.7. The third-order valence-electron chi connectivity index (χ3n) is 4.35. The second-order valence-electron chi connectivity index (χ2n) is 6.77. The lowest BCUT2D eigenvalue weighted by atomic mass is 10.0. The zero-order chi connectivity index (χ0) is 19.4. The van der Waals surface area contributed by atoms with Crippen molar-refractivity contribution in [2.45, 2.75) is 55.1 Å². The van der Waals surface area contributed by atoms with E-state index in [1.54, 1.807) is 0 Å². The van der Waals surface area contributed by atoms with Crippen molar-refractivity contribution in [1.82, 2.24) is 0 Å². The van der Waals surface area contributed by atoms with Crippen molar-refractivity contribution >= 4 is 21.9 Å². The molecule has 0 radical (unpaired) electrons. The summed E-state index contributed by atoms with van der Waals surface area (Å²) in [7, 11) is -3.29. The summed E-state index contributed by atoms with van der Waals surface area (Å²) in [6.07, 6.45) is 8.85. The van der Waals surface area contributed by atoms with E-state index in [-0.39, 0.29) is 0 Å². The lowest BCUT2D eigenvalue weighted by Crippen LogP contribution is -2.03. The van der Waals surface area contributed by atoms with Gasteiger partial charge in [0.1, 0.15) is 0 Å². The summed E-state index contributed by atoms with van der Waals surface area (Å²) in [6, 6.07) is 21.4. The van der Waals surface area contributed by atoms with Gasteiger partial charge in [0.05, 0.1) is 12.9 Å². The smallest absolute Gasteiger partial charge is 0.264 e. The van der Waals surface area contributed by atoms with E-state index in [0.29, 0.717) is 11.9 Å². The summed E-state index contributed by atoms with van der Waals surface area (Å²) >= 11 is 1.95. The Morgan fingerprint density at radius 3 is 2.00 bits per heavy atom. The molecule has 0 heterocycles. The first-order valence-corrected chi connectivity index (χ1v) is 12.4. The van der Waals surface area contributed by atoms with Crippen LogP contribution >= 0.6 is 11.8 Å². The number of hydrogen-bond donors (Lipinski definition) is 0. The van der Waals surface area contributed by atoms with Crippen molar-refractivity contribution in [2.75, 3.05) is 12.9 Å². The molecule has 0 spiro atoms. The summed E-state index contributed by atoms with van der Waals surface area (Å²) in [5.74, 6) is 0. The molecule has 0 aromatic heterocycles. The lowest BCUT2D eigenvalue weighted by Gasteiger charge is -2.17. The molecular weight excluding hydrogens is 376 g/mol. The minimum Gasteiger partial charge on any atom is -0.270 e. The number of unbranched alkanes of at least 4 members (excludes halogenated alkanes) is 5. The molecule has 2 aromatic carbocycles. The van der Waals surface area contributed by atoms with Crippen LogP contribution < -0.4 is 0 Å². The van der Waals surface area contributed by atoms with Crippen molar-refractivity contribution in [2.24, 2.45) is 0 Å². The van der Waals surface area contributed by atoms with Gasteiger partial charge in [-0.25, -0.2) is 0 Å². The summed E-state index contributed by atoms with van der Waals surface area (Å²) in [6.45, 7) is 0.308. The molecule has 0 aliphatic rings. The Morgan fingerprint density at radius 2 is 1.37 bits per heavy atom. The van der Waals surface area contributed by atoms with Crippen molar-refractivity contribution in [3.8, 4) is 0 Å². The first kappa shape index (κ1) is 22.0. The topological polar surface area (TPSA) is 43.4 Å². The molecule has 5 heteroatoms. The highest BCUT2D eigenvalue weighted by atomic mass is 32.2. The minimum absolute atomic E-state index is 0.308. The molecule has 1 atom stereocenters. The summed E-state index contributed by atoms with van der Waals surface area (Å²) < 4.78 is 26.5. The maximum absolute atomic E-state index is 10.9. The molecule has 0 saturated heterocycles. The van der Waals surface area contributed by atoms with E-state index in [9.17, 15) is 8.42 Å². The molecule has 0 aliphatic carbocycles. The van der Waals surface area contributed by atoms with Crippen molar-refractivity contribution in [3.63, 3.8) is 0 Å². The second kappa shape index (κ2) is 12.2. The maximum Gasteiger partial charge on any atom is 0.264 e. The van der Waals surface area contributed by atoms with Crippen LogP contribution in [0, 0.1) is 0 Å². The Balaban J connectivity index is 1.68. The van der Waals surface area contributed by atoms with Gasteiger partial charge in [-0.2, -0.15) is 8.42 Å². The zero-order valence-electron chi connectivity index (χ0n) is 16.0. The highest BCUT2D eigenvalue weighted by Gasteiger charge is 2.12. The van der Waals surface area contributed by atoms with Gasteiger partial charge in [0.2, 0.25) is 0 Å². The minimum atomic E-state index is -3.29. The van der Waals surface area contributed by atoms with E-state index >= 15 is 0 Å². The van der Waals surface area contributed by atoms with Crippen LogP contribution in [0.2, 0.25) is 0 Å². The molecule has 1 unspecified atom stereocenters. The van der Waals surface area contributed by atoms with Crippen LogP contribution in [-0.4, -0.2) is 21.3 Å². The molecule has 0 amide bonds. The van der Waals surface area contributed by atoms with Gasteiger partial charge in [0, 0.05) is 10.1 Å². The summed E-state index contributed by atoms with van der Waals surface area (Å²) in [4.78, 5) is 1.32. The van der Waals surface area contributed by atoms with Crippen LogP contribution in [0.4, 0.5) is 0 Å². The third kappa shape index (κ3) is 9.99. The summed E-state index contributed by atoms with van der Waals surface area (Å²) in [5, 5.41) is 0.483. The SMILES string of the molecule is CS(=O)(=O)OCCCCCCCCC(Sc1ccccc1)c1ccccc1. The van der Waals surface area contributed by atoms with E-state index in [4.69, 9.17) is 4.18 Å². The number of hydrogen-bond acceptors (Lipinski definition) is 4. The Labute approximate surface area is 168 Å². The van der Waals surface area contributed by atoms with Crippen LogP contribution in [0.3, 0.4) is 0 Å². The van der Waals surface area contributed by atoms with Crippen LogP contribution in [0.15, 0.2) is 65.6 Å². The molecule has 27 heavy (non-hydrogen) atoms. The average molecular weight is 407 g/mol. The maximum atomic E-state index is 10.9.